The normalized spacial score (nSPS) is 12.8. The number of ether oxygens (including phenoxy) is 3. The molecule has 0 heterocycles. The predicted molar refractivity (Wildman–Crippen MR) is 116 cm³/mol. The van der Waals surface area contributed by atoms with Crippen molar-refractivity contribution in [3.63, 3.8) is 0 Å². The molecule has 2 N–H and O–H groups in total. The van der Waals surface area contributed by atoms with Gasteiger partial charge in [0.05, 0.1) is 34.1 Å². The van der Waals surface area contributed by atoms with Gasteiger partial charge in [-0.3, -0.25) is 4.79 Å². The largest absolute Gasteiger partial charge is 0.495 e. The molecule has 0 aliphatic rings. The minimum Gasteiger partial charge on any atom is -0.495 e. The van der Waals surface area contributed by atoms with Crippen molar-refractivity contribution in [1.82, 2.24) is 0 Å². The van der Waals surface area contributed by atoms with Gasteiger partial charge in [0.25, 0.3) is 5.91 Å². The second-order valence-electron chi connectivity index (χ2n) is 7.17. The van der Waals surface area contributed by atoms with E-state index in [1.165, 1.54) is 0 Å². The summed E-state index contributed by atoms with van der Waals surface area (Å²) in [4.78, 5) is 13.9. The molecular weight excluding hydrogens is 392 g/mol. The summed E-state index contributed by atoms with van der Waals surface area (Å²) in [5.41, 5.74) is 3.67. The molecule has 2 aromatic rings. The Hall–Kier alpha value is -2.44. The van der Waals surface area contributed by atoms with Crippen molar-refractivity contribution in [2.24, 2.45) is 0 Å². The highest BCUT2D eigenvalue weighted by molar-refractivity contribution is 6.31. The minimum absolute atomic E-state index is 0.0966. The van der Waals surface area contributed by atoms with Gasteiger partial charge < -0.3 is 24.4 Å². The molecule has 0 spiro atoms. The first-order valence-corrected chi connectivity index (χ1v) is 9.78. The quantitative estimate of drug-likeness (QED) is 0.687. The molecule has 7 heteroatoms. The number of benzene rings is 2. The average molecular weight is 422 g/mol. The van der Waals surface area contributed by atoms with Crippen LogP contribution in [-0.4, -0.2) is 40.3 Å². The molecule has 2 rings (SSSR count). The Morgan fingerprint density at radius 3 is 2.17 bits per heavy atom. The molecule has 1 unspecified atom stereocenters. The Labute approximate surface area is 177 Å². The van der Waals surface area contributed by atoms with E-state index in [0.29, 0.717) is 34.5 Å². The molecule has 0 fully saturated rings. The number of hydrogen-bond acceptors (Lipinski definition) is 4. The molecule has 0 radical (unpaired) electrons. The minimum atomic E-state index is -0.289. The summed E-state index contributed by atoms with van der Waals surface area (Å²) in [7, 11) is 6.78. The van der Waals surface area contributed by atoms with E-state index < -0.39 is 0 Å². The third-order valence-electron chi connectivity index (χ3n) is 5.18. The highest BCUT2D eigenvalue weighted by Gasteiger charge is 2.24. The van der Waals surface area contributed by atoms with E-state index in [2.05, 4.69) is 5.32 Å². The number of carbonyl (C=O) groups is 1. The summed E-state index contributed by atoms with van der Waals surface area (Å²) >= 11 is 6.15. The Balaban J connectivity index is 2.15. The van der Waals surface area contributed by atoms with Gasteiger partial charge in [-0.25, -0.2) is 0 Å². The van der Waals surface area contributed by atoms with Crippen LogP contribution in [0, 0.1) is 13.8 Å². The lowest BCUT2D eigenvalue weighted by Crippen LogP contribution is -3.12. The summed E-state index contributed by atoms with van der Waals surface area (Å²) in [5, 5.41) is 3.56. The van der Waals surface area contributed by atoms with E-state index in [-0.39, 0.29) is 11.9 Å². The number of carbonyl (C=O) groups excluding carboxylic acids is 1. The number of nitrogens with one attached hydrogen (secondary N) is 2. The van der Waals surface area contributed by atoms with Gasteiger partial charge >= 0.3 is 0 Å². The first kappa shape index (κ1) is 22.8. The third-order valence-corrected chi connectivity index (χ3v) is 5.59. The van der Waals surface area contributed by atoms with Gasteiger partial charge in [-0.1, -0.05) is 11.6 Å². The molecule has 2 aromatic carbocycles. The highest BCUT2D eigenvalue weighted by atomic mass is 35.5. The summed E-state index contributed by atoms with van der Waals surface area (Å²) in [5.74, 6) is 1.82. The Morgan fingerprint density at radius 2 is 1.59 bits per heavy atom. The first-order chi connectivity index (χ1) is 13.7. The molecule has 0 aliphatic heterocycles. The first-order valence-electron chi connectivity index (χ1n) is 9.40. The number of anilines is 1. The van der Waals surface area contributed by atoms with Gasteiger partial charge in [0, 0.05) is 16.7 Å². The second kappa shape index (κ2) is 9.85. The lowest BCUT2D eigenvalue weighted by molar-refractivity contribution is -0.907. The zero-order valence-electron chi connectivity index (χ0n) is 18.1. The molecule has 1 amide bonds. The lowest BCUT2D eigenvalue weighted by Gasteiger charge is -2.23. The molecule has 0 bridgehead atoms. The van der Waals surface area contributed by atoms with Crippen molar-refractivity contribution in [1.29, 1.82) is 0 Å². The van der Waals surface area contributed by atoms with Gasteiger partial charge in [-0.15, -0.1) is 0 Å². The number of likely N-dealkylation sites (N-methyl/N-ethyl adjacent to an activating group) is 1. The van der Waals surface area contributed by atoms with Crippen LogP contribution in [0.15, 0.2) is 24.3 Å². The van der Waals surface area contributed by atoms with Gasteiger partial charge in [-0.2, -0.15) is 0 Å². The SMILES string of the molecule is COc1cc(Cl)c(C)cc1NC(=O)[C@H](C)[NH+](C)Cc1cc(OC)c(OC)cc1C. The zero-order chi connectivity index (χ0) is 21.7. The second-order valence-corrected chi connectivity index (χ2v) is 7.58. The molecule has 0 saturated heterocycles. The summed E-state index contributed by atoms with van der Waals surface area (Å²) in [6.07, 6.45) is 0. The van der Waals surface area contributed by atoms with Crippen LogP contribution < -0.4 is 24.4 Å². The van der Waals surface area contributed by atoms with Crippen LogP contribution in [0.2, 0.25) is 5.02 Å². The third kappa shape index (κ3) is 5.34. The van der Waals surface area contributed by atoms with Crippen molar-refractivity contribution in [3.8, 4) is 17.2 Å². The van der Waals surface area contributed by atoms with Crippen molar-refractivity contribution in [2.45, 2.75) is 33.4 Å². The number of amides is 1. The number of methoxy groups -OCH3 is 3. The van der Waals surface area contributed by atoms with Crippen LogP contribution in [-0.2, 0) is 11.3 Å². The van der Waals surface area contributed by atoms with Crippen LogP contribution >= 0.6 is 11.6 Å². The van der Waals surface area contributed by atoms with Crippen LogP contribution in [0.1, 0.15) is 23.6 Å². The van der Waals surface area contributed by atoms with Crippen LogP contribution in [0.3, 0.4) is 0 Å². The number of aryl methyl sites for hydroxylation is 2. The van der Waals surface area contributed by atoms with Crippen LogP contribution in [0.25, 0.3) is 0 Å². The van der Waals surface area contributed by atoms with Gasteiger partial charge in [0.2, 0.25) is 0 Å². The lowest BCUT2D eigenvalue weighted by atomic mass is 10.1. The highest BCUT2D eigenvalue weighted by Crippen LogP contribution is 2.31. The van der Waals surface area contributed by atoms with E-state index in [4.69, 9.17) is 25.8 Å². The van der Waals surface area contributed by atoms with Crippen molar-refractivity contribution in [3.05, 3.63) is 46.0 Å². The van der Waals surface area contributed by atoms with Crippen molar-refractivity contribution >= 4 is 23.2 Å². The number of halogens is 1. The Kier molecular flexibility index (Phi) is 7.76. The van der Waals surface area contributed by atoms with Crippen molar-refractivity contribution < 1.29 is 23.9 Å². The fraction of sp³-hybridized carbons (Fsp3) is 0.409. The summed E-state index contributed by atoms with van der Waals surface area (Å²) < 4.78 is 16.1. The van der Waals surface area contributed by atoms with E-state index in [9.17, 15) is 4.79 Å². The molecule has 0 aromatic heterocycles. The fourth-order valence-electron chi connectivity index (χ4n) is 3.06. The molecule has 6 nitrogen and oxygen atoms in total. The van der Waals surface area contributed by atoms with Gasteiger partial charge in [0.1, 0.15) is 12.3 Å². The maximum absolute atomic E-state index is 12.9. The molecule has 0 aliphatic carbocycles. The van der Waals surface area contributed by atoms with E-state index in [1.807, 2.05) is 46.0 Å². The molecule has 158 valence electrons. The van der Waals surface area contributed by atoms with E-state index in [1.54, 1.807) is 27.4 Å². The zero-order valence-corrected chi connectivity index (χ0v) is 18.9. The van der Waals surface area contributed by atoms with Gasteiger partial charge in [-0.05, 0) is 50.1 Å². The molecule has 2 atom stereocenters. The standard InChI is InChI=1S/C22H29ClN2O4/c1-13-9-20(28-6)21(29-7)10-16(13)12-25(4)15(3)22(26)24-18-8-14(2)17(23)11-19(18)27-5/h8-11,15H,12H2,1-7H3,(H,24,26)/p+1/t15-/m0/s1. The van der Waals surface area contributed by atoms with Gasteiger partial charge in [0.15, 0.2) is 17.5 Å². The molecular formula is C22H30ClN2O4+. The topological polar surface area (TPSA) is 61.2 Å². The van der Waals surface area contributed by atoms with Crippen LogP contribution in [0.4, 0.5) is 5.69 Å². The summed E-state index contributed by atoms with van der Waals surface area (Å²) in [6, 6.07) is 7.16. The monoisotopic (exact) mass is 421 g/mol. The maximum atomic E-state index is 12.9. The smallest absolute Gasteiger partial charge is 0.282 e. The van der Waals surface area contributed by atoms with Crippen LogP contribution in [0.5, 0.6) is 17.2 Å². The average Bonchev–Trinajstić information content (AvgIpc) is 2.70. The van der Waals surface area contributed by atoms with E-state index in [0.717, 1.165) is 21.6 Å². The molecule has 0 saturated carbocycles. The maximum Gasteiger partial charge on any atom is 0.282 e. The fourth-order valence-corrected chi connectivity index (χ4v) is 3.21. The predicted octanol–water partition coefficient (Wildman–Crippen LogP) is 3.02. The number of hydrogen-bond donors (Lipinski definition) is 2. The number of quaternary nitrogens is 1. The molecule has 29 heavy (non-hydrogen) atoms. The summed E-state index contributed by atoms with van der Waals surface area (Å²) in [6.45, 7) is 6.47. The van der Waals surface area contributed by atoms with E-state index >= 15 is 0 Å². The Bertz CT molecular complexity index is 886. The number of rotatable bonds is 8. The van der Waals surface area contributed by atoms with Crippen molar-refractivity contribution in [2.75, 3.05) is 33.7 Å². The Morgan fingerprint density at radius 1 is 1.00 bits per heavy atom.